The third-order valence-corrected chi connectivity index (χ3v) is 1.65. The van der Waals surface area contributed by atoms with Gasteiger partial charge in [0, 0.05) is 0 Å². The molecule has 0 aliphatic carbocycles. The summed E-state index contributed by atoms with van der Waals surface area (Å²) in [6.45, 7) is 0. The fourth-order valence-electron chi connectivity index (χ4n) is 0.938. The highest BCUT2D eigenvalue weighted by molar-refractivity contribution is 6.10. The predicted octanol–water partition coefficient (Wildman–Crippen LogP) is 1.08. The Kier molecular flexibility index (Phi) is 3.45. The number of hydrogen-bond donors (Lipinski definition) is 2. The van der Waals surface area contributed by atoms with Crippen LogP contribution in [0.4, 0.5) is 5.69 Å². The lowest BCUT2D eigenvalue weighted by molar-refractivity contribution is 0.477. The van der Waals surface area contributed by atoms with Crippen LogP contribution in [0.3, 0.4) is 0 Å². The molecule has 0 amide bonds. The van der Waals surface area contributed by atoms with E-state index in [4.69, 9.17) is 15.8 Å². The van der Waals surface area contributed by atoms with E-state index in [1.54, 1.807) is 12.1 Å². The number of hydrazone groups is 1. The molecule has 0 aliphatic rings. The van der Waals surface area contributed by atoms with E-state index in [0.29, 0.717) is 0 Å². The summed E-state index contributed by atoms with van der Waals surface area (Å²) in [5.74, 6) is -0.182. The van der Waals surface area contributed by atoms with Crippen LogP contribution in [0.2, 0.25) is 0 Å². The molecule has 1 rings (SSSR count). The fraction of sp³-hybridized carbons (Fsp3) is 0. The van der Waals surface area contributed by atoms with Crippen LogP contribution in [0.1, 0.15) is 5.56 Å². The smallest absolute Gasteiger partial charge is 0.237 e. The lowest BCUT2D eigenvalue weighted by Gasteiger charge is -2.04. The monoisotopic (exact) mass is 211 g/mol. The molecule has 0 aromatic heterocycles. The predicted molar refractivity (Wildman–Crippen MR) is 55.1 cm³/mol. The van der Waals surface area contributed by atoms with Crippen LogP contribution in [0.5, 0.6) is 5.75 Å². The molecule has 0 saturated carbocycles. The summed E-state index contributed by atoms with van der Waals surface area (Å²) in [5.41, 5.74) is 2.14. The molecule has 0 spiro atoms. The lowest BCUT2D eigenvalue weighted by Crippen LogP contribution is -1.98. The Morgan fingerprint density at radius 2 is 1.94 bits per heavy atom. The normalized spacial score (nSPS) is 8.06. The van der Waals surface area contributed by atoms with Gasteiger partial charge >= 0.3 is 0 Å². The first kappa shape index (κ1) is 11.0. The van der Waals surface area contributed by atoms with E-state index in [1.165, 1.54) is 18.2 Å². The van der Waals surface area contributed by atoms with Gasteiger partial charge in [-0.25, -0.2) is 0 Å². The quantitative estimate of drug-likeness (QED) is 0.431. The maximum absolute atomic E-state index is 9.43. The fourth-order valence-corrected chi connectivity index (χ4v) is 0.938. The van der Waals surface area contributed by atoms with Crippen molar-refractivity contribution in [3.8, 4) is 24.0 Å². The second-order valence-electron chi connectivity index (χ2n) is 2.61. The van der Waals surface area contributed by atoms with E-state index in [1.807, 2.05) is 6.07 Å². The minimum absolute atomic E-state index is 0.0630. The average molecular weight is 211 g/mol. The topological polar surface area (TPSA) is 116 Å². The van der Waals surface area contributed by atoms with E-state index in [0.717, 1.165) is 0 Å². The Morgan fingerprint density at radius 1 is 1.25 bits per heavy atom. The van der Waals surface area contributed by atoms with Crippen molar-refractivity contribution in [2.45, 2.75) is 0 Å². The van der Waals surface area contributed by atoms with Crippen molar-refractivity contribution >= 4 is 11.4 Å². The molecule has 0 unspecified atom stereocenters. The number of phenolic OH excluding ortho intramolecular Hbond substituents is 1. The van der Waals surface area contributed by atoms with Crippen molar-refractivity contribution in [2.75, 3.05) is 5.43 Å². The van der Waals surface area contributed by atoms with Crippen molar-refractivity contribution < 1.29 is 5.11 Å². The van der Waals surface area contributed by atoms with E-state index in [2.05, 4.69) is 10.5 Å². The third kappa shape index (κ3) is 2.25. The molecule has 0 fully saturated rings. The number of aromatic hydroxyl groups is 1. The van der Waals surface area contributed by atoms with Gasteiger partial charge in [-0.15, -0.1) is 0 Å². The second kappa shape index (κ2) is 4.99. The average Bonchev–Trinajstić information content (AvgIpc) is 2.31. The van der Waals surface area contributed by atoms with Gasteiger partial charge in [0.15, 0.2) is 0 Å². The Hall–Kier alpha value is -3.04. The van der Waals surface area contributed by atoms with Gasteiger partial charge in [-0.1, -0.05) is 6.07 Å². The molecule has 16 heavy (non-hydrogen) atoms. The second-order valence-corrected chi connectivity index (χ2v) is 2.61. The molecule has 0 aliphatic heterocycles. The molecule has 2 N–H and O–H groups in total. The number of nitriles is 3. The molecule has 0 radical (unpaired) electrons. The molecule has 0 saturated heterocycles. The molecular formula is C10H5N5O. The highest BCUT2D eigenvalue weighted by Gasteiger charge is 2.06. The molecule has 1 aromatic rings. The highest BCUT2D eigenvalue weighted by Crippen LogP contribution is 2.26. The number of nitrogens with zero attached hydrogens (tertiary/aromatic N) is 4. The first-order valence-corrected chi connectivity index (χ1v) is 4.09. The summed E-state index contributed by atoms with van der Waals surface area (Å²) in [6, 6.07) is 9.24. The van der Waals surface area contributed by atoms with Gasteiger partial charge in [-0.3, -0.25) is 5.43 Å². The summed E-state index contributed by atoms with van der Waals surface area (Å²) in [4.78, 5) is 0. The van der Waals surface area contributed by atoms with Crippen molar-refractivity contribution in [2.24, 2.45) is 5.10 Å². The van der Waals surface area contributed by atoms with Crippen LogP contribution in [-0.4, -0.2) is 10.8 Å². The minimum Gasteiger partial charge on any atom is -0.506 e. The van der Waals surface area contributed by atoms with Crippen LogP contribution in [-0.2, 0) is 0 Å². The maximum Gasteiger partial charge on any atom is 0.237 e. The molecule has 0 atom stereocenters. The highest BCUT2D eigenvalue weighted by atomic mass is 16.3. The van der Waals surface area contributed by atoms with Crippen molar-refractivity contribution in [3.05, 3.63) is 23.8 Å². The standard InChI is InChI=1S/C10H5N5O/c11-4-7-2-1-3-9(16)10(7)15-14-8(5-12)6-13/h1-3,15-16H. The molecule has 6 nitrogen and oxygen atoms in total. The lowest BCUT2D eigenvalue weighted by atomic mass is 10.2. The van der Waals surface area contributed by atoms with Gasteiger partial charge in [-0.2, -0.15) is 20.9 Å². The van der Waals surface area contributed by atoms with Crippen LogP contribution in [0.15, 0.2) is 23.3 Å². The van der Waals surface area contributed by atoms with Crippen LogP contribution < -0.4 is 5.43 Å². The number of phenols is 1. The van der Waals surface area contributed by atoms with Gasteiger partial charge in [0.25, 0.3) is 0 Å². The molecular weight excluding hydrogens is 206 g/mol. The first-order valence-electron chi connectivity index (χ1n) is 4.09. The van der Waals surface area contributed by atoms with E-state index < -0.39 is 5.71 Å². The van der Waals surface area contributed by atoms with Crippen LogP contribution >= 0.6 is 0 Å². The van der Waals surface area contributed by atoms with Crippen LogP contribution in [0, 0.1) is 34.0 Å². The SMILES string of the molecule is N#CC(C#N)=NNc1c(O)cccc1C#N. The minimum atomic E-state index is -0.396. The maximum atomic E-state index is 9.43. The van der Waals surface area contributed by atoms with E-state index in [9.17, 15) is 5.11 Å². The van der Waals surface area contributed by atoms with Crippen molar-refractivity contribution in [1.82, 2.24) is 0 Å². The van der Waals surface area contributed by atoms with Crippen LogP contribution in [0.25, 0.3) is 0 Å². The number of anilines is 1. The summed E-state index contributed by atoms with van der Waals surface area (Å²) >= 11 is 0. The Balaban J connectivity index is 3.09. The summed E-state index contributed by atoms with van der Waals surface area (Å²) in [5, 5.41) is 38.5. The first-order chi connectivity index (χ1) is 7.72. The number of rotatable bonds is 2. The Morgan fingerprint density at radius 3 is 2.50 bits per heavy atom. The zero-order valence-electron chi connectivity index (χ0n) is 7.97. The van der Waals surface area contributed by atoms with Crippen molar-refractivity contribution in [1.29, 1.82) is 15.8 Å². The number of nitrogens with one attached hydrogen (secondary N) is 1. The van der Waals surface area contributed by atoms with Gasteiger partial charge in [0.05, 0.1) is 5.56 Å². The summed E-state index contributed by atoms with van der Waals surface area (Å²) in [6.07, 6.45) is 0. The Labute approximate surface area is 91.3 Å². The number of benzene rings is 1. The van der Waals surface area contributed by atoms with Gasteiger partial charge in [-0.05, 0) is 12.1 Å². The molecule has 1 aromatic carbocycles. The zero-order chi connectivity index (χ0) is 12.0. The Bertz CT molecular complexity index is 540. The van der Waals surface area contributed by atoms with Gasteiger partial charge in [0.2, 0.25) is 5.71 Å². The molecule has 76 valence electrons. The summed E-state index contributed by atoms with van der Waals surface area (Å²) < 4.78 is 0. The number of para-hydroxylation sites is 1. The largest absolute Gasteiger partial charge is 0.506 e. The van der Waals surface area contributed by atoms with Gasteiger partial charge < -0.3 is 5.11 Å². The third-order valence-electron chi connectivity index (χ3n) is 1.65. The number of hydrogen-bond acceptors (Lipinski definition) is 6. The molecule has 0 heterocycles. The molecule has 0 bridgehead atoms. The van der Waals surface area contributed by atoms with Gasteiger partial charge in [0.1, 0.15) is 29.6 Å². The molecule has 6 heteroatoms. The zero-order valence-corrected chi connectivity index (χ0v) is 7.97. The summed E-state index contributed by atoms with van der Waals surface area (Å²) in [7, 11) is 0. The van der Waals surface area contributed by atoms with E-state index in [-0.39, 0.29) is 17.0 Å². The van der Waals surface area contributed by atoms with E-state index >= 15 is 0 Å². The van der Waals surface area contributed by atoms with Crippen molar-refractivity contribution in [3.63, 3.8) is 0 Å².